The molecule has 0 unspecified atom stereocenters. The summed E-state index contributed by atoms with van der Waals surface area (Å²) in [5, 5.41) is 12.9. The summed E-state index contributed by atoms with van der Waals surface area (Å²) >= 11 is 1.64. The third-order valence-corrected chi connectivity index (χ3v) is 5.04. The molecule has 2 amide bonds. The van der Waals surface area contributed by atoms with Crippen LogP contribution in [0, 0.1) is 10.1 Å². The van der Waals surface area contributed by atoms with Gasteiger partial charge < -0.3 is 10.6 Å². The molecular weight excluding hydrogens is 348 g/mol. The Kier molecular flexibility index (Phi) is 4.36. The van der Waals surface area contributed by atoms with Crippen molar-refractivity contribution in [3.63, 3.8) is 0 Å². The molecule has 0 saturated carbocycles. The highest BCUT2D eigenvalue weighted by Crippen LogP contribution is 2.24. The van der Waals surface area contributed by atoms with Crippen LogP contribution in [0.4, 0.5) is 5.69 Å². The normalized spacial score (nSPS) is 13.4. The number of nitrogens with two attached hydrogens (primary N) is 1. The minimum atomic E-state index is -1.07. The van der Waals surface area contributed by atoms with Crippen LogP contribution >= 0.6 is 11.3 Å². The Morgan fingerprint density at radius 2 is 2.16 bits per heavy atom. The van der Waals surface area contributed by atoms with Gasteiger partial charge in [0.1, 0.15) is 12.1 Å². The highest BCUT2D eigenvalue weighted by molar-refractivity contribution is 7.10. The Morgan fingerprint density at radius 3 is 2.84 bits per heavy atom. The van der Waals surface area contributed by atoms with Gasteiger partial charge in [0.05, 0.1) is 11.1 Å². The summed E-state index contributed by atoms with van der Waals surface area (Å²) in [6.45, 7) is 0.559. The first kappa shape index (κ1) is 16.8. The van der Waals surface area contributed by atoms with Gasteiger partial charge >= 0.3 is 0 Å². The summed E-state index contributed by atoms with van der Waals surface area (Å²) in [4.78, 5) is 49.1. The molecule has 2 aromatic rings. The van der Waals surface area contributed by atoms with Gasteiger partial charge in [-0.15, -0.1) is 11.3 Å². The van der Waals surface area contributed by atoms with E-state index in [1.165, 1.54) is 4.88 Å². The van der Waals surface area contributed by atoms with Crippen LogP contribution in [0.1, 0.15) is 20.8 Å². The number of thiophene rings is 1. The van der Waals surface area contributed by atoms with Crippen LogP contribution in [-0.2, 0) is 24.3 Å². The van der Waals surface area contributed by atoms with Crippen molar-refractivity contribution < 1.29 is 14.5 Å². The monoisotopic (exact) mass is 362 g/mol. The molecule has 3 heterocycles. The molecule has 130 valence electrons. The Morgan fingerprint density at radius 1 is 1.40 bits per heavy atom. The molecule has 0 aromatic carbocycles. The molecule has 9 nitrogen and oxygen atoms in total. The SMILES string of the molecule is NC(=O)c1cc([N+](=O)[O-])cn(CC(=O)N2CCc3sccc3C2)c1=O. The van der Waals surface area contributed by atoms with Crippen molar-refractivity contribution in [2.75, 3.05) is 6.54 Å². The van der Waals surface area contributed by atoms with E-state index in [4.69, 9.17) is 5.73 Å². The first-order valence-electron chi connectivity index (χ1n) is 7.38. The van der Waals surface area contributed by atoms with Crippen LogP contribution < -0.4 is 11.3 Å². The van der Waals surface area contributed by atoms with Gasteiger partial charge in [0, 0.05) is 24.0 Å². The molecule has 10 heteroatoms. The molecule has 0 saturated heterocycles. The Bertz CT molecular complexity index is 932. The lowest BCUT2D eigenvalue weighted by atomic mass is 10.1. The summed E-state index contributed by atoms with van der Waals surface area (Å²) in [5.41, 5.74) is 4.36. The average Bonchev–Trinajstić information content (AvgIpc) is 3.03. The molecule has 0 atom stereocenters. The molecule has 0 bridgehead atoms. The summed E-state index contributed by atoms with van der Waals surface area (Å²) in [6.07, 6.45) is 1.68. The van der Waals surface area contributed by atoms with E-state index in [1.54, 1.807) is 16.2 Å². The second-order valence-corrected chi connectivity index (χ2v) is 6.60. The highest BCUT2D eigenvalue weighted by atomic mass is 32.1. The van der Waals surface area contributed by atoms with E-state index in [0.29, 0.717) is 13.1 Å². The van der Waals surface area contributed by atoms with Crippen molar-refractivity contribution in [3.05, 3.63) is 60.2 Å². The lowest BCUT2D eigenvalue weighted by Crippen LogP contribution is -2.40. The Hall–Kier alpha value is -3.01. The molecule has 1 aliphatic rings. The van der Waals surface area contributed by atoms with Crippen molar-refractivity contribution in [3.8, 4) is 0 Å². The first-order chi connectivity index (χ1) is 11.9. The van der Waals surface area contributed by atoms with Crippen molar-refractivity contribution in [1.82, 2.24) is 9.47 Å². The minimum absolute atomic E-state index is 0.352. The van der Waals surface area contributed by atoms with Crippen molar-refractivity contribution >= 4 is 28.8 Å². The maximum absolute atomic E-state index is 12.5. The van der Waals surface area contributed by atoms with Gasteiger partial charge in [-0.05, 0) is 23.4 Å². The Balaban J connectivity index is 1.87. The lowest BCUT2D eigenvalue weighted by Gasteiger charge is -2.27. The molecule has 0 radical (unpaired) electrons. The minimum Gasteiger partial charge on any atom is -0.365 e. The third-order valence-electron chi connectivity index (χ3n) is 4.01. The molecule has 0 spiro atoms. The number of nitrogens with zero attached hydrogens (tertiary/aromatic N) is 3. The molecule has 2 N–H and O–H groups in total. The number of rotatable bonds is 4. The van der Waals surface area contributed by atoms with E-state index >= 15 is 0 Å². The van der Waals surface area contributed by atoms with Crippen molar-refractivity contribution in [2.45, 2.75) is 19.5 Å². The van der Waals surface area contributed by atoms with E-state index in [2.05, 4.69) is 0 Å². The summed E-state index contributed by atoms with van der Waals surface area (Å²) in [7, 11) is 0. The number of aromatic nitrogens is 1. The van der Waals surface area contributed by atoms with E-state index in [-0.39, 0.29) is 12.5 Å². The van der Waals surface area contributed by atoms with Gasteiger partial charge in [-0.25, -0.2) is 0 Å². The van der Waals surface area contributed by atoms with Gasteiger partial charge in [0.25, 0.3) is 17.2 Å². The van der Waals surface area contributed by atoms with E-state index in [9.17, 15) is 24.5 Å². The number of fused-ring (bicyclic) bond motifs is 1. The quantitative estimate of drug-likeness (QED) is 0.625. The summed E-state index contributed by atoms with van der Waals surface area (Å²) in [5.74, 6) is -1.43. The van der Waals surface area contributed by atoms with Crippen LogP contribution in [0.2, 0.25) is 0 Å². The topological polar surface area (TPSA) is 129 Å². The number of carbonyl (C=O) groups excluding carboxylic acids is 2. The maximum Gasteiger partial charge on any atom is 0.286 e. The van der Waals surface area contributed by atoms with Crippen molar-refractivity contribution in [2.24, 2.45) is 5.73 Å². The standard InChI is InChI=1S/C15H14N4O5S/c16-14(21)11-5-10(19(23)24)7-18(15(11)22)8-13(20)17-3-1-12-9(6-17)2-4-25-12/h2,4-5,7H,1,3,6,8H2,(H2,16,21). The summed E-state index contributed by atoms with van der Waals surface area (Å²) in [6, 6.07) is 2.77. The molecule has 0 fully saturated rings. The zero-order chi connectivity index (χ0) is 18.1. The second-order valence-electron chi connectivity index (χ2n) is 5.60. The fourth-order valence-electron chi connectivity index (χ4n) is 2.72. The fourth-order valence-corrected chi connectivity index (χ4v) is 3.61. The van der Waals surface area contributed by atoms with Gasteiger partial charge in [-0.3, -0.25) is 29.1 Å². The average molecular weight is 362 g/mol. The zero-order valence-electron chi connectivity index (χ0n) is 13.0. The number of primary amides is 1. The maximum atomic E-state index is 12.5. The summed E-state index contributed by atoms with van der Waals surface area (Å²) < 4.78 is 0.865. The molecular formula is C15H14N4O5S. The number of hydrogen-bond acceptors (Lipinski definition) is 6. The van der Waals surface area contributed by atoms with E-state index in [0.717, 1.165) is 28.8 Å². The third kappa shape index (κ3) is 3.29. The first-order valence-corrected chi connectivity index (χ1v) is 8.26. The van der Waals surface area contributed by atoms with Crippen LogP contribution in [0.5, 0.6) is 0 Å². The fraction of sp³-hybridized carbons (Fsp3) is 0.267. The number of carbonyl (C=O) groups is 2. The van der Waals surface area contributed by atoms with Crippen molar-refractivity contribution in [1.29, 1.82) is 0 Å². The Labute approximate surface area is 145 Å². The lowest BCUT2D eigenvalue weighted by molar-refractivity contribution is -0.385. The van der Waals surface area contributed by atoms with Crippen LogP contribution in [0.25, 0.3) is 0 Å². The number of pyridine rings is 1. The second kappa shape index (κ2) is 6.48. The predicted molar refractivity (Wildman–Crippen MR) is 89.3 cm³/mol. The number of amides is 2. The van der Waals surface area contributed by atoms with Crippen LogP contribution in [0.15, 0.2) is 28.5 Å². The van der Waals surface area contributed by atoms with Crippen LogP contribution in [-0.4, -0.2) is 32.7 Å². The largest absolute Gasteiger partial charge is 0.365 e. The zero-order valence-corrected chi connectivity index (χ0v) is 13.8. The molecule has 1 aliphatic heterocycles. The number of hydrogen-bond donors (Lipinski definition) is 1. The van der Waals surface area contributed by atoms with Gasteiger partial charge in [-0.2, -0.15) is 0 Å². The molecule has 0 aliphatic carbocycles. The van der Waals surface area contributed by atoms with Crippen LogP contribution in [0.3, 0.4) is 0 Å². The highest BCUT2D eigenvalue weighted by Gasteiger charge is 2.24. The molecule has 25 heavy (non-hydrogen) atoms. The molecule has 2 aromatic heterocycles. The van der Waals surface area contributed by atoms with Gasteiger partial charge in [-0.1, -0.05) is 0 Å². The smallest absolute Gasteiger partial charge is 0.286 e. The van der Waals surface area contributed by atoms with E-state index in [1.807, 2.05) is 11.4 Å². The molecule has 3 rings (SSSR count). The van der Waals surface area contributed by atoms with E-state index < -0.39 is 27.6 Å². The predicted octanol–water partition coefficient (Wildman–Crippen LogP) is 0.502. The number of nitro groups is 1. The van der Waals surface area contributed by atoms with Gasteiger partial charge in [0.2, 0.25) is 5.91 Å². The van der Waals surface area contributed by atoms with Gasteiger partial charge in [0.15, 0.2) is 0 Å².